The second-order valence-corrected chi connectivity index (χ2v) is 8.35. The molecule has 4 N–H and O–H groups in total. The predicted molar refractivity (Wildman–Crippen MR) is 118 cm³/mol. The molecule has 0 heterocycles. The number of hydrogen-bond acceptors (Lipinski definition) is 5. The van der Waals surface area contributed by atoms with Gasteiger partial charge >= 0.3 is 0 Å². The standard InChI is InChI=1S/C20H25N3O4S2/c1-2-3-4-7-14-27-18-9-6-5-8-17(18)19(24)23-20(28)22-15-10-12-16(13-11-15)29(21,25)26/h5-6,8-13H,2-4,7,14H2,1H3,(H2,21,25,26)(H2,22,23,24,28). The summed E-state index contributed by atoms with van der Waals surface area (Å²) in [5.74, 6) is 0.106. The van der Waals surface area contributed by atoms with Gasteiger partial charge in [0.15, 0.2) is 5.11 Å². The van der Waals surface area contributed by atoms with Crippen molar-refractivity contribution in [2.75, 3.05) is 11.9 Å². The Morgan fingerprint density at radius 2 is 1.76 bits per heavy atom. The van der Waals surface area contributed by atoms with Crippen molar-refractivity contribution in [3.8, 4) is 5.75 Å². The third-order valence-electron chi connectivity index (χ3n) is 4.05. The lowest BCUT2D eigenvalue weighted by molar-refractivity contribution is 0.0973. The Morgan fingerprint density at radius 1 is 1.07 bits per heavy atom. The summed E-state index contributed by atoms with van der Waals surface area (Å²) < 4.78 is 28.3. The maximum atomic E-state index is 12.6. The second kappa shape index (κ2) is 10.9. The number of hydrogen-bond donors (Lipinski definition) is 3. The number of primary sulfonamides is 1. The van der Waals surface area contributed by atoms with E-state index in [0.717, 1.165) is 25.7 Å². The van der Waals surface area contributed by atoms with Gasteiger partial charge in [0.1, 0.15) is 5.75 Å². The summed E-state index contributed by atoms with van der Waals surface area (Å²) in [6.07, 6.45) is 4.32. The highest BCUT2D eigenvalue weighted by Gasteiger charge is 2.14. The molecule has 0 spiro atoms. The maximum Gasteiger partial charge on any atom is 0.261 e. The van der Waals surface area contributed by atoms with E-state index in [1.807, 2.05) is 6.07 Å². The molecule has 0 aliphatic heterocycles. The lowest BCUT2D eigenvalue weighted by Crippen LogP contribution is -2.34. The normalized spacial score (nSPS) is 11.0. The van der Waals surface area contributed by atoms with E-state index >= 15 is 0 Å². The number of benzene rings is 2. The van der Waals surface area contributed by atoms with Crippen LogP contribution >= 0.6 is 12.2 Å². The number of rotatable bonds is 9. The average molecular weight is 436 g/mol. The minimum atomic E-state index is -3.77. The molecule has 2 aromatic rings. The first kappa shape index (κ1) is 22.8. The van der Waals surface area contributed by atoms with E-state index in [0.29, 0.717) is 23.6 Å². The highest BCUT2D eigenvalue weighted by molar-refractivity contribution is 7.89. The fourth-order valence-corrected chi connectivity index (χ4v) is 3.28. The number of thiocarbonyl (C=S) groups is 1. The molecule has 156 valence electrons. The second-order valence-electron chi connectivity index (χ2n) is 6.38. The van der Waals surface area contributed by atoms with Gasteiger partial charge in [0, 0.05) is 5.69 Å². The highest BCUT2D eigenvalue weighted by Crippen LogP contribution is 2.19. The van der Waals surface area contributed by atoms with Gasteiger partial charge in [-0.3, -0.25) is 10.1 Å². The zero-order valence-electron chi connectivity index (χ0n) is 16.2. The summed E-state index contributed by atoms with van der Waals surface area (Å²) in [6.45, 7) is 2.69. The Morgan fingerprint density at radius 3 is 2.41 bits per heavy atom. The molecule has 0 saturated heterocycles. The molecule has 0 fully saturated rings. The Bertz CT molecular complexity index is 944. The smallest absolute Gasteiger partial charge is 0.261 e. The number of unbranched alkanes of at least 4 members (excludes halogenated alkanes) is 3. The Hall–Kier alpha value is -2.49. The topological polar surface area (TPSA) is 111 Å². The molecule has 0 radical (unpaired) electrons. The molecule has 0 aromatic heterocycles. The van der Waals surface area contributed by atoms with E-state index in [9.17, 15) is 13.2 Å². The molecule has 7 nitrogen and oxygen atoms in total. The zero-order valence-corrected chi connectivity index (χ0v) is 17.8. The lowest BCUT2D eigenvalue weighted by atomic mass is 10.2. The fourth-order valence-electron chi connectivity index (χ4n) is 2.55. The quantitative estimate of drug-likeness (QED) is 0.411. The minimum absolute atomic E-state index is 0.0111. The molecule has 0 saturated carbocycles. The fraction of sp³-hybridized carbons (Fsp3) is 0.300. The van der Waals surface area contributed by atoms with E-state index in [1.165, 1.54) is 24.3 Å². The van der Waals surface area contributed by atoms with Crippen molar-refractivity contribution in [1.29, 1.82) is 0 Å². The van der Waals surface area contributed by atoms with Crippen molar-refractivity contribution in [3.05, 3.63) is 54.1 Å². The van der Waals surface area contributed by atoms with E-state index in [1.54, 1.807) is 18.2 Å². The molecular formula is C20H25N3O4S2. The summed E-state index contributed by atoms with van der Waals surface area (Å²) in [6, 6.07) is 12.7. The Labute approximate surface area is 176 Å². The Balaban J connectivity index is 1.95. The number of para-hydroxylation sites is 1. The van der Waals surface area contributed by atoms with Crippen LogP contribution in [0, 0.1) is 0 Å². The van der Waals surface area contributed by atoms with Crippen molar-refractivity contribution in [2.24, 2.45) is 5.14 Å². The number of carbonyl (C=O) groups excluding carboxylic acids is 1. The van der Waals surface area contributed by atoms with Crippen molar-refractivity contribution in [1.82, 2.24) is 5.32 Å². The number of anilines is 1. The highest BCUT2D eigenvalue weighted by atomic mass is 32.2. The van der Waals surface area contributed by atoms with Crippen LogP contribution in [0.5, 0.6) is 5.75 Å². The van der Waals surface area contributed by atoms with Crippen LogP contribution in [0.1, 0.15) is 43.0 Å². The summed E-state index contributed by atoms with van der Waals surface area (Å²) in [7, 11) is -3.77. The Kier molecular flexibility index (Phi) is 8.56. The summed E-state index contributed by atoms with van der Waals surface area (Å²) >= 11 is 5.17. The molecule has 2 rings (SSSR count). The zero-order chi connectivity index (χ0) is 21.3. The summed E-state index contributed by atoms with van der Waals surface area (Å²) in [4.78, 5) is 12.6. The van der Waals surface area contributed by atoms with Gasteiger partial charge in [-0.25, -0.2) is 13.6 Å². The van der Waals surface area contributed by atoms with E-state index in [-0.39, 0.29) is 10.0 Å². The van der Waals surface area contributed by atoms with Crippen LogP contribution in [-0.4, -0.2) is 26.0 Å². The summed E-state index contributed by atoms with van der Waals surface area (Å²) in [5.41, 5.74) is 0.903. The number of ether oxygens (including phenoxy) is 1. The first-order valence-corrected chi connectivity index (χ1v) is 11.2. The third kappa shape index (κ3) is 7.45. The molecule has 0 atom stereocenters. The van der Waals surface area contributed by atoms with Crippen LogP contribution in [-0.2, 0) is 10.0 Å². The number of sulfonamides is 1. The van der Waals surface area contributed by atoms with Crippen LogP contribution in [0.3, 0.4) is 0 Å². The molecule has 29 heavy (non-hydrogen) atoms. The van der Waals surface area contributed by atoms with Crippen LogP contribution in [0.15, 0.2) is 53.4 Å². The van der Waals surface area contributed by atoms with Crippen molar-refractivity contribution < 1.29 is 17.9 Å². The molecule has 0 bridgehead atoms. The van der Waals surface area contributed by atoms with E-state index < -0.39 is 15.9 Å². The van der Waals surface area contributed by atoms with Crippen LogP contribution in [0.2, 0.25) is 0 Å². The van der Waals surface area contributed by atoms with E-state index in [2.05, 4.69) is 17.6 Å². The molecule has 1 amide bonds. The largest absolute Gasteiger partial charge is 0.493 e. The molecule has 9 heteroatoms. The van der Waals surface area contributed by atoms with Gasteiger partial charge in [-0.1, -0.05) is 38.3 Å². The van der Waals surface area contributed by atoms with Crippen molar-refractivity contribution >= 4 is 38.9 Å². The van der Waals surface area contributed by atoms with Crippen LogP contribution in [0.4, 0.5) is 5.69 Å². The van der Waals surface area contributed by atoms with Crippen molar-refractivity contribution in [2.45, 2.75) is 37.5 Å². The third-order valence-corrected chi connectivity index (χ3v) is 5.19. The monoisotopic (exact) mass is 435 g/mol. The lowest BCUT2D eigenvalue weighted by Gasteiger charge is -2.13. The number of carbonyl (C=O) groups is 1. The number of nitrogens with two attached hydrogens (primary N) is 1. The number of nitrogens with one attached hydrogen (secondary N) is 2. The van der Waals surface area contributed by atoms with Gasteiger partial charge < -0.3 is 10.1 Å². The summed E-state index contributed by atoms with van der Waals surface area (Å²) in [5, 5.41) is 10.6. The van der Waals surface area contributed by atoms with Crippen LogP contribution in [0.25, 0.3) is 0 Å². The molecule has 0 unspecified atom stereocenters. The molecular weight excluding hydrogens is 410 g/mol. The molecule has 0 aliphatic carbocycles. The van der Waals surface area contributed by atoms with Gasteiger partial charge in [0.05, 0.1) is 17.1 Å². The average Bonchev–Trinajstić information content (AvgIpc) is 2.67. The first-order chi connectivity index (χ1) is 13.8. The van der Waals surface area contributed by atoms with Gasteiger partial charge in [0.2, 0.25) is 10.0 Å². The van der Waals surface area contributed by atoms with Gasteiger partial charge in [-0.2, -0.15) is 0 Å². The van der Waals surface area contributed by atoms with Gasteiger partial charge in [-0.05, 0) is 55.0 Å². The van der Waals surface area contributed by atoms with Crippen molar-refractivity contribution in [3.63, 3.8) is 0 Å². The molecule has 0 aliphatic rings. The van der Waals surface area contributed by atoms with Gasteiger partial charge in [0.25, 0.3) is 5.91 Å². The maximum absolute atomic E-state index is 12.6. The van der Waals surface area contributed by atoms with Crippen LogP contribution < -0.4 is 20.5 Å². The predicted octanol–water partition coefficient (Wildman–Crippen LogP) is 3.42. The SMILES string of the molecule is CCCCCCOc1ccccc1C(=O)NC(=S)Nc1ccc(S(N)(=O)=O)cc1. The number of amides is 1. The molecule has 2 aromatic carbocycles. The van der Waals surface area contributed by atoms with Gasteiger partial charge in [-0.15, -0.1) is 0 Å². The van der Waals surface area contributed by atoms with E-state index in [4.69, 9.17) is 22.1 Å². The first-order valence-electron chi connectivity index (χ1n) is 9.28. The minimum Gasteiger partial charge on any atom is -0.493 e.